The molecule has 0 unspecified atom stereocenters. The van der Waals surface area contributed by atoms with Gasteiger partial charge in [-0.2, -0.15) is 0 Å². The zero-order valence-corrected chi connectivity index (χ0v) is 17.0. The molecule has 0 aliphatic heterocycles. The third kappa shape index (κ3) is 2.99. The van der Waals surface area contributed by atoms with Crippen molar-refractivity contribution in [2.75, 3.05) is 14.2 Å². The lowest BCUT2D eigenvalue weighted by molar-refractivity contribution is 0.414. The molecule has 0 amide bonds. The topological polar surface area (TPSA) is 18.5 Å². The van der Waals surface area contributed by atoms with Crippen molar-refractivity contribution in [1.82, 2.24) is 0 Å². The highest BCUT2D eigenvalue weighted by molar-refractivity contribution is 5.67. The van der Waals surface area contributed by atoms with E-state index in [1.54, 1.807) is 14.2 Å². The van der Waals surface area contributed by atoms with Gasteiger partial charge in [-0.15, -0.1) is 0 Å². The van der Waals surface area contributed by atoms with Crippen LogP contribution >= 0.6 is 0 Å². The predicted molar refractivity (Wildman–Crippen MR) is 115 cm³/mol. The van der Waals surface area contributed by atoms with Gasteiger partial charge in [0.15, 0.2) is 0 Å². The minimum atomic E-state index is -0.215. The summed E-state index contributed by atoms with van der Waals surface area (Å²) in [5.41, 5.74) is 7.76. The molecule has 0 aromatic heterocycles. The van der Waals surface area contributed by atoms with Crippen LogP contribution in [-0.4, -0.2) is 14.2 Å². The fourth-order valence-corrected chi connectivity index (χ4v) is 4.20. The molecule has 0 saturated heterocycles. The first kappa shape index (κ1) is 18.4. The van der Waals surface area contributed by atoms with Gasteiger partial charge >= 0.3 is 0 Å². The molecule has 142 valence electrons. The molecule has 0 fully saturated rings. The first-order chi connectivity index (χ1) is 13.6. The van der Waals surface area contributed by atoms with E-state index < -0.39 is 0 Å². The first-order valence-electron chi connectivity index (χ1n) is 9.65. The predicted octanol–water partition coefficient (Wildman–Crippen LogP) is 5.88. The van der Waals surface area contributed by atoms with E-state index in [0.717, 1.165) is 17.9 Å². The third-order valence-corrected chi connectivity index (χ3v) is 6.09. The molecule has 3 aromatic carbocycles. The Labute approximate surface area is 167 Å². The minimum absolute atomic E-state index is 0.215. The van der Waals surface area contributed by atoms with E-state index in [4.69, 9.17) is 9.47 Å². The van der Waals surface area contributed by atoms with Gasteiger partial charge < -0.3 is 9.47 Å². The van der Waals surface area contributed by atoms with E-state index in [1.165, 1.54) is 33.4 Å². The lowest BCUT2D eigenvalue weighted by atomic mass is 9.67. The van der Waals surface area contributed by atoms with Crippen molar-refractivity contribution in [2.45, 2.75) is 25.7 Å². The molecule has 0 N–H and O–H groups in total. The molecule has 1 aliphatic rings. The number of methoxy groups -OCH3 is 2. The number of rotatable bonds is 4. The van der Waals surface area contributed by atoms with Gasteiger partial charge in [-0.3, -0.25) is 0 Å². The van der Waals surface area contributed by atoms with E-state index in [1.807, 2.05) is 24.3 Å². The summed E-state index contributed by atoms with van der Waals surface area (Å²) < 4.78 is 10.8. The van der Waals surface area contributed by atoms with Crippen LogP contribution in [0.25, 0.3) is 6.08 Å². The average molecular weight is 370 g/mol. The van der Waals surface area contributed by atoms with Gasteiger partial charge in [0, 0.05) is 5.41 Å². The Bertz CT molecular complexity index is 964. The van der Waals surface area contributed by atoms with Gasteiger partial charge in [0.2, 0.25) is 0 Å². The number of aryl methyl sites for hydroxylation is 1. The number of hydrogen-bond acceptors (Lipinski definition) is 2. The number of hydrogen-bond donors (Lipinski definition) is 0. The van der Waals surface area contributed by atoms with Crippen molar-refractivity contribution in [3.63, 3.8) is 0 Å². The van der Waals surface area contributed by atoms with Crippen molar-refractivity contribution < 1.29 is 9.47 Å². The molecule has 0 atom stereocenters. The van der Waals surface area contributed by atoms with Crippen LogP contribution in [-0.2, 0) is 11.8 Å². The Morgan fingerprint density at radius 2 is 1.25 bits per heavy atom. The quantitative estimate of drug-likeness (QED) is 0.571. The van der Waals surface area contributed by atoms with Gasteiger partial charge in [0.1, 0.15) is 11.5 Å². The van der Waals surface area contributed by atoms with Gasteiger partial charge in [-0.1, -0.05) is 48.6 Å². The van der Waals surface area contributed by atoms with Crippen molar-refractivity contribution in [1.29, 1.82) is 0 Å². The summed E-state index contributed by atoms with van der Waals surface area (Å²) in [4.78, 5) is 0. The van der Waals surface area contributed by atoms with Gasteiger partial charge in [-0.05, 0) is 77.9 Å². The van der Waals surface area contributed by atoms with E-state index in [-0.39, 0.29) is 5.41 Å². The highest BCUT2D eigenvalue weighted by Gasteiger charge is 2.35. The molecule has 28 heavy (non-hydrogen) atoms. The molecular formula is C26H26O2. The summed E-state index contributed by atoms with van der Waals surface area (Å²) >= 11 is 0. The summed E-state index contributed by atoms with van der Waals surface area (Å²) in [5, 5.41) is 0. The second-order valence-electron chi connectivity index (χ2n) is 7.52. The van der Waals surface area contributed by atoms with Crippen LogP contribution in [0.1, 0.15) is 33.4 Å². The SMILES string of the molecule is COc1ccc(C2(c3ccc(OC)cc3)C=Cc3c(ccc(C)c3C)C2)cc1. The molecule has 2 nitrogen and oxygen atoms in total. The summed E-state index contributed by atoms with van der Waals surface area (Å²) in [5.74, 6) is 1.75. The molecule has 2 heteroatoms. The van der Waals surface area contributed by atoms with Crippen molar-refractivity contribution in [3.8, 4) is 11.5 Å². The minimum Gasteiger partial charge on any atom is -0.497 e. The molecule has 3 aromatic rings. The smallest absolute Gasteiger partial charge is 0.118 e. The monoisotopic (exact) mass is 370 g/mol. The molecule has 0 saturated carbocycles. The van der Waals surface area contributed by atoms with Gasteiger partial charge in [0.25, 0.3) is 0 Å². The molecule has 0 heterocycles. The first-order valence-corrected chi connectivity index (χ1v) is 9.65. The zero-order chi connectivity index (χ0) is 19.7. The Hall–Kier alpha value is -3.00. The van der Waals surface area contributed by atoms with Crippen LogP contribution in [0.4, 0.5) is 0 Å². The van der Waals surface area contributed by atoms with Crippen LogP contribution in [0.15, 0.2) is 66.7 Å². The second kappa shape index (κ2) is 7.20. The van der Waals surface area contributed by atoms with Crippen molar-refractivity contribution in [3.05, 3.63) is 100 Å². The number of allylic oxidation sites excluding steroid dienone is 1. The second-order valence-corrected chi connectivity index (χ2v) is 7.52. The lowest BCUT2D eigenvalue weighted by Gasteiger charge is -2.36. The average Bonchev–Trinajstić information content (AvgIpc) is 2.76. The molecular weight excluding hydrogens is 344 g/mol. The maximum atomic E-state index is 5.38. The lowest BCUT2D eigenvalue weighted by Crippen LogP contribution is -2.30. The van der Waals surface area contributed by atoms with Crippen LogP contribution < -0.4 is 9.47 Å². The Morgan fingerprint density at radius 1 is 0.714 bits per heavy atom. The maximum absolute atomic E-state index is 5.38. The number of benzene rings is 3. The third-order valence-electron chi connectivity index (χ3n) is 6.09. The highest BCUT2D eigenvalue weighted by atomic mass is 16.5. The summed E-state index contributed by atoms with van der Waals surface area (Å²) in [6, 6.07) is 21.4. The largest absolute Gasteiger partial charge is 0.497 e. The number of fused-ring (bicyclic) bond motifs is 1. The fourth-order valence-electron chi connectivity index (χ4n) is 4.20. The molecule has 0 bridgehead atoms. The van der Waals surface area contributed by atoms with Crippen LogP contribution in [0, 0.1) is 13.8 Å². The van der Waals surface area contributed by atoms with E-state index in [0.29, 0.717) is 0 Å². The molecule has 0 spiro atoms. The highest BCUT2D eigenvalue weighted by Crippen LogP contribution is 2.43. The van der Waals surface area contributed by atoms with Crippen molar-refractivity contribution >= 4 is 6.08 Å². The normalized spacial score (nSPS) is 14.4. The maximum Gasteiger partial charge on any atom is 0.118 e. The molecule has 4 rings (SSSR count). The van der Waals surface area contributed by atoms with Gasteiger partial charge in [0.05, 0.1) is 14.2 Å². The zero-order valence-electron chi connectivity index (χ0n) is 17.0. The van der Waals surface area contributed by atoms with Crippen molar-refractivity contribution in [2.24, 2.45) is 0 Å². The van der Waals surface area contributed by atoms with Gasteiger partial charge in [-0.25, -0.2) is 0 Å². The summed E-state index contributed by atoms with van der Waals surface area (Å²) in [6.45, 7) is 4.39. The standard InChI is InChI=1S/C26H26O2/c1-18-5-6-20-17-26(16-15-25(20)19(18)2,21-7-11-23(27-3)12-8-21)22-9-13-24(28-4)14-10-22/h5-16H,17H2,1-4H3. The Morgan fingerprint density at radius 3 is 1.75 bits per heavy atom. The Balaban J connectivity index is 1.88. The fraction of sp³-hybridized carbons (Fsp3) is 0.231. The van der Waals surface area contributed by atoms with E-state index in [2.05, 4.69) is 62.4 Å². The van der Waals surface area contributed by atoms with E-state index >= 15 is 0 Å². The number of ether oxygens (including phenoxy) is 2. The van der Waals surface area contributed by atoms with Crippen LogP contribution in [0.5, 0.6) is 11.5 Å². The Kier molecular flexibility index (Phi) is 4.72. The summed E-state index contributed by atoms with van der Waals surface area (Å²) in [7, 11) is 3.41. The summed E-state index contributed by atoms with van der Waals surface area (Å²) in [6.07, 6.45) is 5.60. The molecule has 0 radical (unpaired) electrons. The van der Waals surface area contributed by atoms with E-state index in [9.17, 15) is 0 Å². The van der Waals surface area contributed by atoms with Crippen LogP contribution in [0.3, 0.4) is 0 Å². The molecule has 1 aliphatic carbocycles. The van der Waals surface area contributed by atoms with Crippen LogP contribution in [0.2, 0.25) is 0 Å².